The number of hydrogen-bond acceptors (Lipinski definition) is 4. The minimum Gasteiger partial charge on any atom is -0.332 e. The standard InChI is InChI=1S/C19H22N2O3/c1-4-19(2,3)18(23)21(14-15-9-6-5-7-10-15)24-17(22)16-11-8-12-20-13-16/h5-13H,4,14H2,1-3H3. The van der Waals surface area contributed by atoms with Gasteiger partial charge in [0.1, 0.15) is 0 Å². The van der Waals surface area contributed by atoms with Crippen molar-refractivity contribution in [2.24, 2.45) is 5.41 Å². The van der Waals surface area contributed by atoms with E-state index in [4.69, 9.17) is 4.84 Å². The summed E-state index contributed by atoms with van der Waals surface area (Å²) in [5.74, 6) is -0.828. The molecule has 0 bridgehead atoms. The highest BCUT2D eigenvalue weighted by molar-refractivity contribution is 5.90. The van der Waals surface area contributed by atoms with E-state index in [1.807, 2.05) is 51.1 Å². The largest absolute Gasteiger partial charge is 0.364 e. The molecular formula is C19H22N2O3. The summed E-state index contributed by atoms with van der Waals surface area (Å²) in [6, 6.07) is 12.7. The number of carbonyl (C=O) groups excluding carboxylic acids is 2. The van der Waals surface area contributed by atoms with Crippen LogP contribution in [0.15, 0.2) is 54.9 Å². The van der Waals surface area contributed by atoms with Crippen LogP contribution in [0.2, 0.25) is 0 Å². The molecule has 0 fully saturated rings. The predicted molar refractivity (Wildman–Crippen MR) is 90.7 cm³/mol. The number of rotatable bonds is 5. The predicted octanol–water partition coefficient (Wildman–Crippen LogP) is 3.62. The second-order valence-corrected chi connectivity index (χ2v) is 6.19. The second kappa shape index (κ2) is 7.73. The average molecular weight is 326 g/mol. The molecule has 0 radical (unpaired) electrons. The van der Waals surface area contributed by atoms with Crippen LogP contribution in [0.4, 0.5) is 0 Å². The Kier molecular flexibility index (Phi) is 5.68. The fourth-order valence-corrected chi connectivity index (χ4v) is 2.02. The van der Waals surface area contributed by atoms with Crippen molar-refractivity contribution in [2.75, 3.05) is 0 Å². The molecule has 1 heterocycles. The van der Waals surface area contributed by atoms with Gasteiger partial charge in [-0.1, -0.05) is 51.1 Å². The summed E-state index contributed by atoms with van der Waals surface area (Å²) >= 11 is 0. The quantitative estimate of drug-likeness (QED) is 0.787. The van der Waals surface area contributed by atoms with Crippen LogP contribution in [0, 0.1) is 5.41 Å². The van der Waals surface area contributed by atoms with Gasteiger partial charge in [0.15, 0.2) is 0 Å². The molecule has 2 rings (SSSR count). The Morgan fingerprint density at radius 3 is 2.42 bits per heavy atom. The van der Waals surface area contributed by atoms with Gasteiger partial charge >= 0.3 is 5.97 Å². The summed E-state index contributed by atoms with van der Waals surface area (Å²) < 4.78 is 0. The van der Waals surface area contributed by atoms with Crippen molar-refractivity contribution in [3.05, 3.63) is 66.0 Å². The Balaban J connectivity index is 2.22. The van der Waals surface area contributed by atoms with E-state index < -0.39 is 11.4 Å². The Labute approximate surface area is 142 Å². The van der Waals surface area contributed by atoms with Gasteiger partial charge in [-0.2, -0.15) is 5.06 Å². The maximum Gasteiger partial charge on any atom is 0.364 e. The SMILES string of the molecule is CCC(C)(C)C(=O)N(Cc1ccccc1)OC(=O)c1cccnc1. The number of nitrogens with zero attached hydrogens (tertiary/aromatic N) is 2. The molecule has 1 aromatic heterocycles. The fourth-order valence-electron chi connectivity index (χ4n) is 2.02. The maximum absolute atomic E-state index is 12.8. The van der Waals surface area contributed by atoms with Gasteiger partial charge in [-0.15, -0.1) is 0 Å². The van der Waals surface area contributed by atoms with Crippen LogP contribution in [-0.4, -0.2) is 21.9 Å². The maximum atomic E-state index is 12.8. The van der Waals surface area contributed by atoms with Gasteiger partial charge < -0.3 is 4.84 Å². The van der Waals surface area contributed by atoms with E-state index in [1.54, 1.807) is 18.3 Å². The van der Waals surface area contributed by atoms with Gasteiger partial charge in [-0.3, -0.25) is 9.78 Å². The zero-order valence-corrected chi connectivity index (χ0v) is 14.2. The molecule has 0 atom stereocenters. The molecule has 0 unspecified atom stereocenters. The van der Waals surface area contributed by atoms with Gasteiger partial charge in [0, 0.05) is 17.8 Å². The smallest absolute Gasteiger partial charge is 0.332 e. The summed E-state index contributed by atoms with van der Waals surface area (Å²) in [6.07, 6.45) is 3.63. The topological polar surface area (TPSA) is 59.5 Å². The van der Waals surface area contributed by atoms with Gasteiger partial charge in [-0.25, -0.2) is 4.79 Å². The number of amides is 1. The van der Waals surface area contributed by atoms with E-state index in [-0.39, 0.29) is 12.5 Å². The Bertz CT molecular complexity index is 684. The van der Waals surface area contributed by atoms with Crippen LogP contribution in [0.25, 0.3) is 0 Å². The third-order valence-electron chi connectivity index (χ3n) is 3.95. The molecule has 0 spiro atoms. The van der Waals surface area contributed by atoms with Crippen LogP contribution in [0.1, 0.15) is 43.1 Å². The molecule has 0 aliphatic rings. The summed E-state index contributed by atoms with van der Waals surface area (Å²) in [6.45, 7) is 5.81. The monoisotopic (exact) mass is 326 g/mol. The van der Waals surface area contributed by atoms with E-state index in [1.165, 1.54) is 6.20 Å². The van der Waals surface area contributed by atoms with Gasteiger partial charge in [0.2, 0.25) is 0 Å². The number of hydroxylamine groups is 2. The Morgan fingerprint density at radius 1 is 1.12 bits per heavy atom. The van der Waals surface area contributed by atoms with Gasteiger partial charge in [-0.05, 0) is 24.1 Å². The first-order chi connectivity index (χ1) is 11.4. The summed E-state index contributed by atoms with van der Waals surface area (Å²) in [7, 11) is 0. The molecule has 126 valence electrons. The van der Waals surface area contributed by atoms with Crippen LogP contribution < -0.4 is 0 Å². The number of aromatic nitrogens is 1. The van der Waals surface area contributed by atoms with Gasteiger partial charge in [0.25, 0.3) is 5.91 Å². The minimum absolute atomic E-state index is 0.203. The van der Waals surface area contributed by atoms with Crippen LogP contribution in [0.3, 0.4) is 0 Å². The van der Waals surface area contributed by atoms with E-state index in [0.29, 0.717) is 12.0 Å². The molecule has 1 aromatic carbocycles. The van der Waals surface area contributed by atoms with Crippen molar-refractivity contribution >= 4 is 11.9 Å². The molecule has 1 amide bonds. The molecule has 2 aromatic rings. The van der Waals surface area contributed by atoms with Crippen LogP contribution in [-0.2, 0) is 16.2 Å². The number of hydrogen-bond donors (Lipinski definition) is 0. The van der Waals surface area contributed by atoms with E-state index in [9.17, 15) is 9.59 Å². The van der Waals surface area contributed by atoms with E-state index >= 15 is 0 Å². The highest BCUT2D eigenvalue weighted by atomic mass is 16.7. The van der Waals surface area contributed by atoms with Crippen molar-refractivity contribution in [3.63, 3.8) is 0 Å². The third-order valence-corrected chi connectivity index (χ3v) is 3.95. The van der Waals surface area contributed by atoms with Crippen LogP contribution >= 0.6 is 0 Å². The zero-order valence-electron chi connectivity index (χ0n) is 14.2. The van der Waals surface area contributed by atoms with Crippen LogP contribution in [0.5, 0.6) is 0 Å². The lowest BCUT2D eigenvalue weighted by Crippen LogP contribution is -2.41. The Hall–Kier alpha value is -2.69. The van der Waals surface area contributed by atoms with Crippen molar-refractivity contribution in [3.8, 4) is 0 Å². The normalized spacial score (nSPS) is 11.0. The van der Waals surface area contributed by atoms with Gasteiger partial charge in [0.05, 0.1) is 12.1 Å². The number of carbonyl (C=O) groups is 2. The first-order valence-electron chi connectivity index (χ1n) is 7.92. The first-order valence-corrected chi connectivity index (χ1v) is 7.92. The average Bonchev–Trinajstić information content (AvgIpc) is 2.62. The van der Waals surface area contributed by atoms with E-state index in [2.05, 4.69) is 4.98 Å². The highest BCUT2D eigenvalue weighted by Crippen LogP contribution is 2.24. The molecule has 0 saturated carbocycles. The molecule has 0 saturated heterocycles. The van der Waals surface area contributed by atoms with Crippen molar-refractivity contribution in [1.29, 1.82) is 0 Å². The lowest BCUT2D eigenvalue weighted by atomic mass is 9.89. The third kappa shape index (κ3) is 4.41. The summed E-state index contributed by atoms with van der Waals surface area (Å²) in [4.78, 5) is 34.4. The Morgan fingerprint density at radius 2 is 1.83 bits per heavy atom. The molecule has 0 aliphatic carbocycles. The van der Waals surface area contributed by atoms with Crippen molar-refractivity contribution in [2.45, 2.75) is 33.7 Å². The molecule has 0 N–H and O–H groups in total. The molecule has 5 heteroatoms. The number of pyridine rings is 1. The molecule has 24 heavy (non-hydrogen) atoms. The lowest BCUT2D eigenvalue weighted by molar-refractivity contribution is -0.180. The number of benzene rings is 1. The first kappa shape index (κ1) is 17.7. The highest BCUT2D eigenvalue weighted by Gasteiger charge is 2.33. The second-order valence-electron chi connectivity index (χ2n) is 6.19. The minimum atomic E-state index is -0.621. The molecule has 0 aliphatic heterocycles. The van der Waals surface area contributed by atoms with Crippen molar-refractivity contribution < 1.29 is 14.4 Å². The zero-order chi connectivity index (χ0) is 17.6. The molecular weight excluding hydrogens is 304 g/mol. The fraction of sp³-hybridized carbons (Fsp3) is 0.316. The van der Waals surface area contributed by atoms with Crippen molar-refractivity contribution in [1.82, 2.24) is 10.0 Å². The summed E-state index contributed by atoms with van der Waals surface area (Å²) in [5, 5.41) is 1.15. The summed E-state index contributed by atoms with van der Waals surface area (Å²) in [5.41, 5.74) is 0.568. The molecule has 5 nitrogen and oxygen atoms in total. The lowest BCUT2D eigenvalue weighted by Gasteiger charge is -2.29. The van der Waals surface area contributed by atoms with E-state index in [0.717, 1.165) is 10.6 Å².